The van der Waals surface area contributed by atoms with Crippen molar-refractivity contribution < 1.29 is 14.3 Å². The molecule has 1 rings (SSSR count). The second-order valence-corrected chi connectivity index (χ2v) is 7.39. The van der Waals surface area contributed by atoms with Crippen molar-refractivity contribution in [1.82, 2.24) is 5.43 Å². The maximum absolute atomic E-state index is 12.5. The second kappa shape index (κ2) is 9.42. The lowest BCUT2D eigenvalue weighted by Crippen LogP contribution is -2.46. The Bertz CT molecular complexity index is 580. The zero-order chi connectivity index (χ0) is 19.0. The number of esters is 1. The molecule has 1 aromatic rings. The predicted octanol–water partition coefficient (Wildman–Crippen LogP) is 3.36. The fourth-order valence-corrected chi connectivity index (χ4v) is 2.28. The van der Waals surface area contributed by atoms with E-state index in [4.69, 9.17) is 4.74 Å². The lowest BCUT2D eigenvalue weighted by molar-refractivity contribution is -0.163. The number of hydrogen-bond acceptors (Lipinski definition) is 6. The first-order valence-electron chi connectivity index (χ1n) is 8.75. The number of hydrazine groups is 1. The van der Waals surface area contributed by atoms with Gasteiger partial charge >= 0.3 is 5.97 Å². The van der Waals surface area contributed by atoms with Crippen molar-refractivity contribution in [3.63, 3.8) is 0 Å². The first kappa shape index (κ1) is 21.0. The molecule has 1 aromatic carbocycles. The molecule has 0 heterocycles. The SMILES string of the molecule is CCNc1ccccc1NNC(CC(C)C)C(=O)C(=O)OC(C)(C)C. The molecule has 0 aliphatic rings. The van der Waals surface area contributed by atoms with E-state index in [1.54, 1.807) is 20.8 Å². The zero-order valence-electron chi connectivity index (χ0n) is 16.1. The van der Waals surface area contributed by atoms with Crippen molar-refractivity contribution in [3.05, 3.63) is 24.3 Å². The van der Waals surface area contributed by atoms with E-state index in [9.17, 15) is 9.59 Å². The van der Waals surface area contributed by atoms with Crippen LogP contribution in [-0.4, -0.2) is 29.9 Å². The first-order valence-corrected chi connectivity index (χ1v) is 8.75. The summed E-state index contributed by atoms with van der Waals surface area (Å²) in [6, 6.07) is 7.01. The topological polar surface area (TPSA) is 79.5 Å². The van der Waals surface area contributed by atoms with E-state index < -0.39 is 23.4 Å². The molecule has 0 amide bonds. The Morgan fingerprint density at radius 1 is 1.12 bits per heavy atom. The standard InChI is InChI=1S/C19H31N3O3/c1-7-20-14-10-8-9-11-15(14)21-22-16(12-13(2)3)17(23)18(24)25-19(4,5)6/h8-11,13,16,20-22H,7,12H2,1-6H3. The Labute approximate surface area is 150 Å². The van der Waals surface area contributed by atoms with Gasteiger partial charge in [-0.3, -0.25) is 4.79 Å². The lowest BCUT2D eigenvalue weighted by Gasteiger charge is -2.24. The molecule has 0 radical (unpaired) electrons. The Morgan fingerprint density at radius 3 is 2.24 bits per heavy atom. The van der Waals surface area contributed by atoms with Gasteiger partial charge in [-0.2, -0.15) is 0 Å². The Morgan fingerprint density at radius 2 is 1.72 bits per heavy atom. The average molecular weight is 349 g/mol. The predicted molar refractivity (Wildman–Crippen MR) is 101 cm³/mol. The highest BCUT2D eigenvalue weighted by Crippen LogP contribution is 2.20. The van der Waals surface area contributed by atoms with Gasteiger partial charge in [-0.05, 0) is 52.2 Å². The summed E-state index contributed by atoms with van der Waals surface area (Å²) in [5.41, 5.74) is 7.10. The molecule has 0 spiro atoms. The van der Waals surface area contributed by atoms with Gasteiger partial charge in [-0.15, -0.1) is 0 Å². The van der Waals surface area contributed by atoms with Crippen LogP contribution in [0.2, 0.25) is 0 Å². The molecular weight excluding hydrogens is 318 g/mol. The summed E-state index contributed by atoms with van der Waals surface area (Å²) in [4.78, 5) is 24.6. The van der Waals surface area contributed by atoms with Gasteiger partial charge in [0.25, 0.3) is 5.78 Å². The van der Waals surface area contributed by atoms with Crippen molar-refractivity contribution in [2.24, 2.45) is 5.92 Å². The van der Waals surface area contributed by atoms with E-state index in [2.05, 4.69) is 16.2 Å². The fourth-order valence-electron chi connectivity index (χ4n) is 2.28. The summed E-state index contributed by atoms with van der Waals surface area (Å²) in [6.07, 6.45) is 0.522. The number of anilines is 2. The van der Waals surface area contributed by atoms with Crippen LogP contribution in [0.5, 0.6) is 0 Å². The molecule has 1 atom stereocenters. The summed E-state index contributed by atoms with van der Waals surface area (Å²) in [6.45, 7) is 12.0. The van der Waals surface area contributed by atoms with E-state index in [1.807, 2.05) is 45.0 Å². The molecule has 1 unspecified atom stereocenters. The van der Waals surface area contributed by atoms with E-state index in [0.29, 0.717) is 6.42 Å². The number of carbonyl (C=O) groups excluding carboxylic acids is 2. The number of benzene rings is 1. The van der Waals surface area contributed by atoms with Crippen LogP contribution in [0, 0.1) is 5.92 Å². The van der Waals surface area contributed by atoms with E-state index >= 15 is 0 Å². The fraction of sp³-hybridized carbons (Fsp3) is 0.579. The van der Waals surface area contributed by atoms with Crippen LogP contribution >= 0.6 is 0 Å². The minimum absolute atomic E-state index is 0.245. The summed E-state index contributed by atoms with van der Waals surface area (Å²) < 4.78 is 5.21. The van der Waals surface area contributed by atoms with Crippen molar-refractivity contribution >= 4 is 23.1 Å². The summed E-state index contributed by atoms with van der Waals surface area (Å²) in [7, 11) is 0. The summed E-state index contributed by atoms with van der Waals surface area (Å²) in [5, 5.41) is 3.24. The Balaban J connectivity index is 2.83. The maximum atomic E-state index is 12.5. The highest BCUT2D eigenvalue weighted by atomic mass is 16.6. The quantitative estimate of drug-likeness (QED) is 0.360. The van der Waals surface area contributed by atoms with Gasteiger partial charge in [0, 0.05) is 6.54 Å². The van der Waals surface area contributed by atoms with Gasteiger partial charge in [0.1, 0.15) is 5.60 Å². The van der Waals surface area contributed by atoms with Crippen LogP contribution in [0.1, 0.15) is 48.0 Å². The molecule has 0 saturated carbocycles. The Hall–Kier alpha value is -2.08. The number of rotatable bonds is 9. The van der Waals surface area contributed by atoms with Crippen LogP contribution in [-0.2, 0) is 14.3 Å². The van der Waals surface area contributed by atoms with Crippen LogP contribution in [0.25, 0.3) is 0 Å². The van der Waals surface area contributed by atoms with Gasteiger partial charge in [0.2, 0.25) is 0 Å². The number of carbonyl (C=O) groups is 2. The van der Waals surface area contributed by atoms with Gasteiger partial charge < -0.3 is 15.5 Å². The molecule has 0 aromatic heterocycles. The molecule has 6 heteroatoms. The molecule has 0 bridgehead atoms. The third-order valence-corrected chi connectivity index (χ3v) is 3.30. The highest BCUT2D eigenvalue weighted by Gasteiger charge is 2.30. The smallest absolute Gasteiger partial charge is 0.376 e. The van der Waals surface area contributed by atoms with Crippen molar-refractivity contribution in [1.29, 1.82) is 0 Å². The van der Waals surface area contributed by atoms with Crippen LogP contribution in [0.3, 0.4) is 0 Å². The second-order valence-electron chi connectivity index (χ2n) is 7.39. The van der Waals surface area contributed by atoms with Crippen molar-refractivity contribution in [2.45, 2.75) is 59.6 Å². The Kier molecular flexibility index (Phi) is 7.90. The summed E-state index contributed by atoms with van der Waals surface area (Å²) in [5.74, 6) is -1.14. The molecule has 3 N–H and O–H groups in total. The van der Waals surface area contributed by atoms with Gasteiger partial charge in [0.05, 0.1) is 17.4 Å². The zero-order valence-corrected chi connectivity index (χ0v) is 16.1. The van der Waals surface area contributed by atoms with Crippen molar-refractivity contribution in [2.75, 3.05) is 17.3 Å². The van der Waals surface area contributed by atoms with Gasteiger partial charge in [-0.1, -0.05) is 26.0 Å². The lowest BCUT2D eigenvalue weighted by atomic mass is 10.0. The molecule has 0 saturated heterocycles. The van der Waals surface area contributed by atoms with Gasteiger partial charge in [0.15, 0.2) is 0 Å². The minimum Gasteiger partial charge on any atom is -0.454 e. The first-order chi connectivity index (χ1) is 11.6. The summed E-state index contributed by atoms with van der Waals surface area (Å²) >= 11 is 0. The molecule has 25 heavy (non-hydrogen) atoms. The minimum atomic E-state index is -0.813. The van der Waals surface area contributed by atoms with Gasteiger partial charge in [-0.25, -0.2) is 10.2 Å². The van der Waals surface area contributed by atoms with E-state index in [0.717, 1.165) is 17.9 Å². The average Bonchev–Trinajstić information content (AvgIpc) is 2.50. The number of ketones is 1. The normalized spacial score (nSPS) is 12.6. The molecule has 140 valence electrons. The maximum Gasteiger partial charge on any atom is 0.376 e. The molecular formula is C19H31N3O3. The molecule has 0 fully saturated rings. The van der Waals surface area contributed by atoms with Crippen LogP contribution in [0.4, 0.5) is 11.4 Å². The largest absolute Gasteiger partial charge is 0.454 e. The van der Waals surface area contributed by atoms with Crippen molar-refractivity contribution in [3.8, 4) is 0 Å². The molecule has 0 aliphatic heterocycles. The molecule has 6 nitrogen and oxygen atoms in total. The number of Topliss-reactive ketones (excluding diaryl/α,β-unsaturated/α-hetero) is 1. The third-order valence-electron chi connectivity index (χ3n) is 3.30. The van der Waals surface area contributed by atoms with E-state index in [1.165, 1.54) is 0 Å². The number of ether oxygens (including phenoxy) is 1. The van der Waals surface area contributed by atoms with E-state index in [-0.39, 0.29) is 5.92 Å². The monoisotopic (exact) mass is 349 g/mol. The van der Waals surface area contributed by atoms with Crippen LogP contribution < -0.4 is 16.2 Å². The molecule has 0 aliphatic carbocycles. The number of hydrogen-bond donors (Lipinski definition) is 3. The third kappa shape index (κ3) is 7.56. The number of nitrogens with one attached hydrogen (secondary N) is 3. The van der Waals surface area contributed by atoms with Crippen LogP contribution in [0.15, 0.2) is 24.3 Å². The highest BCUT2D eigenvalue weighted by molar-refractivity contribution is 6.35. The number of para-hydroxylation sites is 2.